The second-order valence-electron chi connectivity index (χ2n) is 1.61. The molecule has 0 aromatic heterocycles. The summed E-state index contributed by atoms with van der Waals surface area (Å²) in [5.74, 6) is -2.00. The predicted molar refractivity (Wildman–Crippen MR) is 47.3 cm³/mol. The van der Waals surface area contributed by atoms with E-state index in [1.807, 2.05) is 0 Å². The summed E-state index contributed by atoms with van der Waals surface area (Å²) in [5.41, 5.74) is 0. The van der Waals surface area contributed by atoms with Crippen LogP contribution in [-0.4, -0.2) is 28.1 Å². The van der Waals surface area contributed by atoms with Crippen LogP contribution in [0.5, 0.6) is 0 Å². The van der Waals surface area contributed by atoms with Crippen molar-refractivity contribution in [1.82, 2.24) is 0 Å². The van der Waals surface area contributed by atoms with E-state index in [0.29, 0.717) is 0 Å². The van der Waals surface area contributed by atoms with Crippen molar-refractivity contribution in [3.05, 3.63) is 0 Å². The number of hydrogen-bond donors (Lipinski definition) is 2. The zero-order valence-electron chi connectivity index (χ0n) is 7.41. The summed E-state index contributed by atoms with van der Waals surface area (Å²) in [5, 5.41) is 14.8. The maximum Gasteiger partial charge on any atom is 0.314 e. The molecule has 0 spiro atoms. The van der Waals surface area contributed by atoms with Crippen molar-refractivity contribution in [2.24, 2.45) is 0 Å². The van der Waals surface area contributed by atoms with E-state index in [0.717, 1.165) is 13.8 Å². The molecule has 0 saturated heterocycles. The Bertz CT molecular complexity index is 147. The Kier molecular flexibility index (Phi) is 18.5. The molecule has 0 unspecified atom stereocenters. The summed E-state index contributed by atoms with van der Waals surface area (Å²) in [6.45, 7) is 3.48. The van der Waals surface area contributed by atoms with Crippen molar-refractivity contribution in [3.8, 4) is 0 Å². The summed E-state index contributed by atoms with van der Waals surface area (Å²) in [6, 6.07) is 0. The van der Waals surface area contributed by atoms with Crippen LogP contribution >= 0.6 is 16.3 Å². The van der Waals surface area contributed by atoms with Gasteiger partial charge in [-0.2, -0.15) is 0 Å². The van der Waals surface area contributed by atoms with Crippen LogP contribution in [0, 0.1) is 0 Å². The van der Waals surface area contributed by atoms with Gasteiger partial charge in [-0.3, -0.25) is 14.4 Å². The van der Waals surface area contributed by atoms with Crippen LogP contribution in [0.15, 0.2) is 0 Å². The molecule has 0 aromatic carbocycles. The molecule has 0 heterocycles. The van der Waals surface area contributed by atoms with Crippen molar-refractivity contribution in [2.75, 3.05) is 0 Å². The highest BCUT2D eigenvalue weighted by Gasteiger charge is 1.78. The highest BCUT2D eigenvalue weighted by molar-refractivity contribution is 9.06. The van der Waals surface area contributed by atoms with E-state index in [9.17, 15) is 4.79 Å². The van der Waals surface area contributed by atoms with E-state index in [4.69, 9.17) is 19.8 Å². The molecule has 0 aromatic rings. The van der Waals surface area contributed by atoms with Gasteiger partial charge in [0.1, 0.15) is 0 Å². The lowest BCUT2D eigenvalue weighted by molar-refractivity contribution is -0.135. The van der Waals surface area contributed by atoms with Gasteiger partial charge in [0.2, 0.25) is 0 Å². The average molecular weight is 259 g/mol. The van der Waals surface area contributed by atoms with Crippen molar-refractivity contribution in [2.45, 2.75) is 20.8 Å². The summed E-state index contributed by atoms with van der Waals surface area (Å²) in [7, 11) is 0. The van der Waals surface area contributed by atoms with E-state index in [1.54, 1.807) is 0 Å². The van der Waals surface area contributed by atoms with Crippen molar-refractivity contribution in [3.63, 3.8) is 0 Å². The first kappa shape index (κ1) is 17.8. The average Bonchev–Trinajstić information content (AvgIpc) is 1.84. The smallest absolute Gasteiger partial charge is 0.314 e. The number of carbonyl (C=O) groups excluding carboxylic acids is 1. The molecule has 78 valence electrons. The molecule has 0 rings (SSSR count). The van der Waals surface area contributed by atoms with E-state index in [2.05, 4.69) is 20.1 Å². The van der Waals surface area contributed by atoms with E-state index >= 15 is 0 Å². The molecule has 0 aliphatic rings. The van der Waals surface area contributed by atoms with Crippen molar-refractivity contribution < 1.29 is 28.4 Å². The molecular weight excluding hydrogens is 248 g/mol. The Morgan fingerprint density at radius 2 is 1.08 bits per heavy atom. The second kappa shape index (κ2) is 13.5. The first-order valence-electron chi connectivity index (χ1n) is 2.92. The lowest BCUT2D eigenvalue weighted by Crippen LogP contribution is -1.82. The Balaban J connectivity index is -0.000000117. The number of aliphatic carboxylic acids is 2. The molecule has 0 aliphatic heterocycles. The minimum absolute atomic E-state index is 0.329. The minimum atomic E-state index is -0.833. The third-order valence-electron chi connectivity index (χ3n) is 0.109. The summed E-state index contributed by atoms with van der Waals surface area (Å²) >= 11 is 2.46. The van der Waals surface area contributed by atoms with Crippen LogP contribution in [0.4, 0.5) is 0 Å². The van der Waals surface area contributed by atoms with Gasteiger partial charge in [-0.25, -0.2) is 0 Å². The first-order valence-corrected chi connectivity index (χ1v) is 3.57. The van der Waals surface area contributed by atoms with E-state index in [-0.39, 0.29) is 5.97 Å². The fourth-order valence-corrected chi connectivity index (χ4v) is 0. The van der Waals surface area contributed by atoms with Crippen LogP contribution in [0.3, 0.4) is 0 Å². The second-order valence-corrected chi connectivity index (χ2v) is 1.93. The summed E-state index contributed by atoms with van der Waals surface area (Å²) < 4.78 is 3.92. The molecule has 6 nitrogen and oxygen atoms in total. The number of hydrogen-bond acceptors (Lipinski definition) is 4. The van der Waals surface area contributed by atoms with Crippen LogP contribution in [-0.2, 0) is 18.2 Å². The molecular formula is C6H11BrO6. The number of carboxylic acids is 2. The fourth-order valence-electron chi connectivity index (χ4n) is 0. The molecule has 0 amide bonds. The molecule has 0 bridgehead atoms. The topological polar surface area (TPSA) is 101 Å². The number of rotatable bonds is 0. The highest BCUT2D eigenvalue weighted by Crippen LogP contribution is 1.80. The van der Waals surface area contributed by atoms with Gasteiger partial charge in [-0.05, 0) is 0 Å². The third-order valence-corrected chi connectivity index (χ3v) is 0.565. The number of halogens is 1. The van der Waals surface area contributed by atoms with Crippen LogP contribution in [0.25, 0.3) is 0 Å². The minimum Gasteiger partial charge on any atom is -0.481 e. The third kappa shape index (κ3) is 1090. The van der Waals surface area contributed by atoms with E-state index < -0.39 is 11.9 Å². The standard InChI is InChI=1S/C2H3BrO2.2C2H4O2/c1-2(4)5-3;2*1-2(3)4/h1H3;2*1H3,(H,3,4). The van der Waals surface area contributed by atoms with Gasteiger partial charge in [0.05, 0.1) is 0 Å². The highest BCUT2D eigenvalue weighted by atomic mass is 79.9. The molecule has 7 heteroatoms. The number of carbonyl (C=O) groups is 3. The zero-order valence-corrected chi connectivity index (χ0v) is 8.99. The molecule has 0 saturated carbocycles. The Morgan fingerprint density at radius 1 is 1.00 bits per heavy atom. The summed E-state index contributed by atoms with van der Waals surface area (Å²) in [6.07, 6.45) is 0. The van der Waals surface area contributed by atoms with Crippen molar-refractivity contribution >= 4 is 34.2 Å². The van der Waals surface area contributed by atoms with E-state index in [1.165, 1.54) is 6.92 Å². The monoisotopic (exact) mass is 258 g/mol. The van der Waals surface area contributed by atoms with Gasteiger partial charge in [0.25, 0.3) is 11.9 Å². The van der Waals surface area contributed by atoms with Crippen LogP contribution < -0.4 is 0 Å². The summed E-state index contributed by atoms with van der Waals surface area (Å²) in [4.78, 5) is 27.5. The van der Waals surface area contributed by atoms with Gasteiger partial charge in [-0.15, -0.1) is 0 Å². The zero-order chi connectivity index (χ0) is 11.4. The lowest BCUT2D eigenvalue weighted by Gasteiger charge is -1.75. The molecule has 0 atom stereocenters. The van der Waals surface area contributed by atoms with Crippen LogP contribution in [0.1, 0.15) is 20.8 Å². The van der Waals surface area contributed by atoms with Gasteiger partial charge < -0.3 is 14.0 Å². The largest absolute Gasteiger partial charge is 0.481 e. The normalized spacial score (nSPS) is 6.46. The quantitative estimate of drug-likeness (QED) is 0.674. The van der Waals surface area contributed by atoms with Crippen molar-refractivity contribution in [1.29, 1.82) is 0 Å². The predicted octanol–water partition coefficient (Wildman–Crippen LogP) is 1.04. The molecule has 2 N–H and O–H groups in total. The first-order chi connectivity index (χ1) is 5.73. The molecule has 13 heavy (non-hydrogen) atoms. The maximum atomic E-state index is 9.54. The molecule has 0 aliphatic carbocycles. The Hall–Kier alpha value is -1.11. The van der Waals surface area contributed by atoms with Gasteiger partial charge >= 0.3 is 5.97 Å². The molecule has 0 radical (unpaired) electrons. The maximum absolute atomic E-state index is 9.54. The van der Waals surface area contributed by atoms with Crippen LogP contribution in [0.2, 0.25) is 0 Å². The number of carboxylic acid groups (broad SMARTS) is 2. The SMILES string of the molecule is CC(=O)O.CC(=O)O.CC(=O)OBr. The lowest BCUT2D eigenvalue weighted by atomic mass is 10.9. The Morgan fingerprint density at radius 3 is 1.08 bits per heavy atom. The fraction of sp³-hybridized carbons (Fsp3) is 0.500. The van der Waals surface area contributed by atoms with Gasteiger partial charge in [0, 0.05) is 20.8 Å². The van der Waals surface area contributed by atoms with Gasteiger partial charge in [0.15, 0.2) is 16.3 Å². The van der Waals surface area contributed by atoms with Gasteiger partial charge in [-0.1, -0.05) is 0 Å². The molecule has 0 fully saturated rings. The Labute approximate surface area is 84.0 Å².